The van der Waals surface area contributed by atoms with Crippen LogP contribution in [0.1, 0.15) is 11.3 Å². The van der Waals surface area contributed by atoms with Crippen LogP contribution in [-0.4, -0.2) is 47.9 Å². The SMILES string of the molecule is Cc1nn(C)c(N2CCSCC2S(C)(=O)=O)c1C#N. The van der Waals surface area contributed by atoms with Gasteiger partial charge in [-0.05, 0) is 6.92 Å². The van der Waals surface area contributed by atoms with Crippen molar-refractivity contribution in [2.45, 2.75) is 12.3 Å². The summed E-state index contributed by atoms with van der Waals surface area (Å²) in [6.45, 7) is 2.37. The number of sulfone groups is 1. The van der Waals surface area contributed by atoms with Gasteiger partial charge in [-0.1, -0.05) is 0 Å². The van der Waals surface area contributed by atoms with E-state index in [2.05, 4.69) is 11.2 Å². The number of hydrogen-bond donors (Lipinski definition) is 0. The number of thioether (sulfide) groups is 1. The first-order valence-corrected chi connectivity index (χ1v) is 8.94. The lowest BCUT2D eigenvalue weighted by molar-refractivity contribution is 0.581. The molecule has 1 fully saturated rings. The molecule has 0 aliphatic carbocycles. The van der Waals surface area contributed by atoms with Crippen molar-refractivity contribution in [3.8, 4) is 6.07 Å². The zero-order valence-corrected chi connectivity index (χ0v) is 12.8. The minimum Gasteiger partial charge on any atom is -0.337 e. The lowest BCUT2D eigenvalue weighted by atomic mass is 10.2. The first-order valence-electron chi connectivity index (χ1n) is 5.83. The molecule has 0 amide bonds. The monoisotopic (exact) mass is 300 g/mol. The van der Waals surface area contributed by atoms with E-state index in [9.17, 15) is 13.7 Å². The Bertz CT molecular complexity index is 630. The Morgan fingerprint density at radius 2 is 2.21 bits per heavy atom. The average Bonchev–Trinajstić information content (AvgIpc) is 2.62. The number of nitriles is 1. The summed E-state index contributed by atoms with van der Waals surface area (Å²) in [6.07, 6.45) is 1.24. The minimum atomic E-state index is -3.20. The summed E-state index contributed by atoms with van der Waals surface area (Å²) in [5, 5.41) is 12.9. The van der Waals surface area contributed by atoms with Crippen LogP contribution in [0.2, 0.25) is 0 Å². The van der Waals surface area contributed by atoms with E-state index < -0.39 is 15.2 Å². The standard InChI is InChI=1S/C11H16N4O2S2/c1-8-9(6-12)11(14(2)13-8)15-4-5-18-7-10(15)19(3,16)17/h10H,4-5,7H2,1-3H3. The molecule has 6 nitrogen and oxygen atoms in total. The Labute approximate surface area is 117 Å². The van der Waals surface area contributed by atoms with Crippen molar-refractivity contribution in [2.24, 2.45) is 7.05 Å². The van der Waals surface area contributed by atoms with Crippen molar-refractivity contribution < 1.29 is 8.42 Å². The van der Waals surface area contributed by atoms with Crippen LogP contribution in [0.3, 0.4) is 0 Å². The highest BCUT2D eigenvalue weighted by atomic mass is 32.2. The topological polar surface area (TPSA) is 79.0 Å². The molecule has 1 aromatic rings. The summed E-state index contributed by atoms with van der Waals surface area (Å²) in [5.41, 5.74) is 1.09. The summed E-state index contributed by atoms with van der Waals surface area (Å²) >= 11 is 1.62. The van der Waals surface area contributed by atoms with Gasteiger partial charge < -0.3 is 4.90 Å². The van der Waals surface area contributed by atoms with Crippen LogP contribution in [0, 0.1) is 18.3 Å². The molecule has 0 N–H and O–H groups in total. The molecule has 1 aliphatic heterocycles. The van der Waals surface area contributed by atoms with Gasteiger partial charge in [0.1, 0.15) is 22.8 Å². The second kappa shape index (κ2) is 5.06. The number of rotatable bonds is 2. The van der Waals surface area contributed by atoms with Gasteiger partial charge in [0.25, 0.3) is 0 Å². The van der Waals surface area contributed by atoms with Crippen LogP contribution in [0.4, 0.5) is 5.82 Å². The predicted octanol–water partition coefficient (Wildman–Crippen LogP) is 0.524. The third-order valence-corrected chi connectivity index (χ3v) is 5.80. The first kappa shape index (κ1) is 14.2. The molecular weight excluding hydrogens is 284 g/mol. The molecule has 0 aromatic carbocycles. The van der Waals surface area contributed by atoms with E-state index in [4.69, 9.17) is 0 Å². The molecule has 1 saturated heterocycles. The zero-order chi connectivity index (χ0) is 14.2. The maximum absolute atomic E-state index is 11.9. The lowest BCUT2D eigenvalue weighted by Gasteiger charge is -2.35. The van der Waals surface area contributed by atoms with E-state index in [1.54, 1.807) is 35.3 Å². The largest absolute Gasteiger partial charge is 0.337 e. The molecule has 104 valence electrons. The summed E-state index contributed by atoms with van der Waals surface area (Å²) in [5.74, 6) is 1.98. The maximum atomic E-state index is 11.9. The maximum Gasteiger partial charge on any atom is 0.169 e. The Balaban J connectivity index is 2.53. The molecular formula is C11H16N4O2S2. The molecule has 0 bridgehead atoms. The van der Waals surface area contributed by atoms with Crippen molar-refractivity contribution in [1.29, 1.82) is 5.26 Å². The van der Waals surface area contributed by atoms with Crippen LogP contribution in [-0.2, 0) is 16.9 Å². The molecule has 1 aromatic heterocycles. The fourth-order valence-electron chi connectivity index (χ4n) is 2.28. The Morgan fingerprint density at radius 1 is 1.53 bits per heavy atom. The van der Waals surface area contributed by atoms with Crippen molar-refractivity contribution in [3.05, 3.63) is 11.3 Å². The molecule has 1 unspecified atom stereocenters. The highest BCUT2D eigenvalue weighted by molar-refractivity contribution is 8.01. The lowest BCUT2D eigenvalue weighted by Crippen LogP contribution is -2.48. The van der Waals surface area contributed by atoms with Crippen molar-refractivity contribution in [1.82, 2.24) is 9.78 Å². The smallest absolute Gasteiger partial charge is 0.169 e. The third kappa shape index (κ3) is 2.58. The molecule has 0 radical (unpaired) electrons. The number of anilines is 1. The fraction of sp³-hybridized carbons (Fsp3) is 0.636. The molecule has 8 heteroatoms. The van der Waals surface area contributed by atoms with E-state index in [0.717, 1.165) is 5.75 Å². The molecule has 2 rings (SSSR count). The van der Waals surface area contributed by atoms with Crippen LogP contribution in [0.5, 0.6) is 0 Å². The van der Waals surface area contributed by atoms with Gasteiger partial charge in [-0.2, -0.15) is 22.1 Å². The van der Waals surface area contributed by atoms with E-state index in [-0.39, 0.29) is 0 Å². The highest BCUT2D eigenvalue weighted by Gasteiger charge is 2.34. The van der Waals surface area contributed by atoms with Gasteiger partial charge in [0.15, 0.2) is 9.84 Å². The minimum absolute atomic E-state index is 0.461. The number of nitrogens with zero attached hydrogens (tertiary/aromatic N) is 4. The molecule has 1 atom stereocenters. The normalized spacial score (nSPS) is 20.3. The zero-order valence-electron chi connectivity index (χ0n) is 11.1. The number of aromatic nitrogens is 2. The molecule has 19 heavy (non-hydrogen) atoms. The van der Waals surface area contributed by atoms with E-state index in [1.807, 2.05) is 0 Å². The average molecular weight is 300 g/mol. The summed E-state index contributed by atoms with van der Waals surface area (Å²) < 4.78 is 25.4. The van der Waals surface area contributed by atoms with Crippen molar-refractivity contribution in [3.63, 3.8) is 0 Å². The van der Waals surface area contributed by atoms with Crippen LogP contribution in [0.25, 0.3) is 0 Å². The van der Waals surface area contributed by atoms with E-state index in [1.165, 1.54) is 6.26 Å². The van der Waals surface area contributed by atoms with E-state index in [0.29, 0.717) is 29.4 Å². The van der Waals surface area contributed by atoms with Crippen LogP contribution >= 0.6 is 11.8 Å². The molecule has 0 spiro atoms. The molecule has 1 aliphatic rings. The Kier molecular flexibility index (Phi) is 3.78. The van der Waals surface area contributed by atoms with E-state index >= 15 is 0 Å². The van der Waals surface area contributed by atoms with Crippen LogP contribution in [0.15, 0.2) is 0 Å². The van der Waals surface area contributed by atoms with Gasteiger partial charge in [0.2, 0.25) is 0 Å². The van der Waals surface area contributed by atoms with Gasteiger partial charge in [0, 0.05) is 31.4 Å². The number of hydrogen-bond acceptors (Lipinski definition) is 6. The Morgan fingerprint density at radius 3 is 2.79 bits per heavy atom. The number of aryl methyl sites for hydroxylation is 2. The summed E-state index contributed by atoms with van der Waals surface area (Å²) in [7, 11) is -1.46. The van der Waals surface area contributed by atoms with Crippen molar-refractivity contribution >= 4 is 27.4 Å². The summed E-state index contributed by atoms with van der Waals surface area (Å²) in [4.78, 5) is 1.80. The fourth-order valence-corrected chi connectivity index (χ4v) is 5.10. The van der Waals surface area contributed by atoms with Crippen molar-refractivity contribution in [2.75, 3.05) is 29.2 Å². The molecule has 2 heterocycles. The second-order valence-electron chi connectivity index (χ2n) is 4.57. The van der Waals surface area contributed by atoms with Crippen LogP contribution < -0.4 is 4.90 Å². The Hall–Kier alpha value is -1.20. The van der Waals surface area contributed by atoms with Gasteiger partial charge in [-0.25, -0.2) is 8.42 Å². The summed E-state index contributed by atoms with van der Waals surface area (Å²) in [6, 6.07) is 2.13. The predicted molar refractivity (Wildman–Crippen MR) is 76.0 cm³/mol. The van der Waals surface area contributed by atoms with Gasteiger partial charge in [-0.15, -0.1) is 0 Å². The first-order chi connectivity index (χ1) is 8.86. The highest BCUT2D eigenvalue weighted by Crippen LogP contribution is 2.30. The van der Waals surface area contributed by atoms with Gasteiger partial charge in [-0.3, -0.25) is 4.68 Å². The molecule has 0 saturated carbocycles. The third-order valence-electron chi connectivity index (χ3n) is 3.15. The quantitative estimate of drug-likeness (QED) is 0.792. The van der Waals surface area contributed by atoms with Gasteiger partial charge in [0.05, 0.1) is 5.69 Å². The van der Waals surface area contributed by atoms with Gasteiger partial charge >= 0.3 is 0 Å². The second-order valence-corrected chi connectivity index (χ2v) is 7.92.